The maximum absolute atomic E-state index is 6.87. The van der Waals surface area contributed by atoms with Crippen molar-refractivity contribution in [2.24, 2.45) is 0 Å². The van der Waals surface area contributed by atoms with Crippen LogP contribution in [0.15, 0.2) is 180 Å². The SMILES string of the molecule is CC1(C)c2ccccc2-c2cccc(N(c3ccc4c(c3)C3(c5ccccc5O4)c4ccccc4-c4ccccc43)c3cccc4oc5ccccc5c34)c21. The Bertz CT molecular complexity index is 3030. The van der Waals surface area contributed by atoms with Crippen molar-refractivity contribution in [1.82, 2.24) is 0 Å². The number of furan rings is 1. The number of hydrogen-bond acceptors (Lipinski definition) is 3. The first kappa shape index (κ1) is 30.6. The van der Waals surface area contributed by atoms with Crippen molar-refractivity contribution in [3.63, 3.8) is 0 Å². The lowest BCUT2D eigenvalue weighted by Gasteiger charge is -2.40. The predicted molar refractivity (Wildman–Crippen MR) is 223 cm³/mol. The Morgan fingerprint density at radius 1 is 0.436 bits per heavy atom. The minimum absolute atomic E-state index is 0.242. The topological polar surface area (TPSA) is 25.6 Å². The minimum Gasteiger partial charge on any atom is -0.457 e. The lowest BCUT2D eigenvalue weighted by Crippen LogP contribution is -2.32. The lowest BCUT2D eigenvalue weighted by atomic mass is 9.66. The summed E-state index contributed by atoms with van der Waals surface area (Å²) in [6, 6.07) is 63.8. The first-order valence-electron chi connectivity index (χ1n) is 19.1. The second-order valence-corrected chi connectivity index (χ2v) is 15.6. The summed E-state index contributed by atoms with van der Waals surface area (Å²) in [5, 5.41) is 2.19. The Morgan fingerprint density at radius 2 is 1.00 bits per heavy atom. The third-order valence-corrected chi connectivity index (χ3v) is 12.5. The van der Waals surface area contributed by atoms with Crippen LogP contribution in [0.3, 0.4) is 0 Å². The molecule has 2 heterocycles. The van der Waals surface area contributed by atoms with Crippen molar-refractivity contribution in [1.29, 1.82) is 0 Å². The molecule has 1 aromatic heterocycles. The fraction of sp³-hybridized carbons (Fsp3) is 0.0769. The Labute approximate surface area is 319 Å². The normalized spacial score (nSPS) is 14.8. The van der Waals surface area contributed by atoms with Gasteiger partial charge in [0, 0.05) is 27.6 Å². The number of nitrogens with zero attached hydrogens (tertiary/aromatic N) is 1. The summed E-state index contributed by atoms with van der Waals surface area (Å²) in [7, 11) is 0. The van der Waals surface area contributed by atoms with Crippen LogP contribution in [0.2, 0.25) is 0 Å². The van der Waals surface area contributed by atoms with Gasteiger partial charge < -0.3 is 14.1 Å². The van der Waals surface area contributed by atoms with Gasteiger partial charge in [0.2, 0.25) is 0 Å². The van der Waals surface area contributed by atoms with Gasteiger partial charge >= 0.3 is 0 Å². The predicted octanol–water partition coefficient (Wildman–Crippen LogP) is 13.8. The Hall–Kier alpha value is -6.84. The number of rotatable bonds is 3. The highest BCUT2D eigenvalue weighted by molar-refractivity contribution is 6.13. The maximum atomic E-state index is 6.87. The smallest absolute Gasteiger partial charge is 0.137 e. The number of ether oxygens (including phenoxy) is 1. The van der Waals surface area contributed by atoms with Crippen LogP contribution in [0.1, 0.15) is 47.2 Å². The Balaban J connectivity index is 1.20. The molecule has 3 nitrogen and oxygen atoms in total. The average molecular weight is 706 g/mol. The van der Waals surface area contributed by atoms with Crippen LogP contribution in [0.5, 0.6) is 11.5 Å². The van der Waals surface area contributed by atoms with Crippen LogP contribution in [0, 0.1) is 0 Å². The van der Waals surface area contributed by atoms with Crippen LogP contribution >= 0.6 is 0 Å². The molecule has 12 rings (SSSR count). The summed E-state index contributed by atoms with van der Waals surface area (Å²) in [5.41, 5.74) is 16.8. The molecule has 260 valence electrons. The van der Waals surface area contributed by atoms with Gasteiger partial charge in [0.25, 0.3) is 0 Å². The molecule has 0 atom stereocenters. The summed E-state index contributed by atoms with van der Waals surface area (Å²) >= 11 is 0. The summed E-state index contributed by atoms with van der Waals surface area (Å²) in [6.45, 7) is 4.73. The monoisotopic (exact) mass is 705 g/mol. The zero-order chi connectivity index (χ0) is 36.5. The van der Waals surface area contributed by atoms with Crippen molar-refractivity contribution in [2.45, 2.75) is 24.7 Å². The highest BCUT2D eigenvalue weighted by atomic mass is 16.5. The molecule has 0 saturated carbocycles. The molecule has 9 aromatic rings. The Kier molecular flexibility index (Phi) is 6.05. The van der Waals surface area contributed by atoms with Gasteiger partial charge in [-0.2, -0.15) is 0 Å². The van der Waals surface area contributed by atoms with E-state index in [-0.39, 0.29) is 5.41 Å². The molecule has 1 aliphatic heterocycles. The largest absolute Gasteiger partial charge is 0.457 e. The van der Waals surface area contributed by atoms with Crippen LogP contribution in [0.25, 0.3) is 44.2 Å². The number of fused-ring (bicyclic) bond motifs is 15. The molecule has 0 bridgehead atoms. The quantitative estimate of drug-likeness (QED) is 0.183. The highest BCUT2D eigenvalue weighted by Crippen LogP contribution is 2.63. The van der Waals surface area contributed by atoms with Crippen LogP contribution in [-0.2, 0) is 10.8 Å². The molecule has 0 unspecified atom stereocenters. The van der Waals surface area contributed by atoms with E-state index in [1.165, 1.54) is 44.5 Å². The van der Waals surface area contributed by atoms with Gasteiger partial charge in [0.1, 0.15) is 22.7 Å². The van der Waals surface area contributed by atoms with E-state index in [2.05, 4.69) is 189 Å². The van der Waals surface area contributed by atoms with E-state index >= 15 is 0 Å². The molecule has 3 heteroatoms. The number of para-hydroxylation sites is 2. The molecule has 0 amide bonds. The van der Waals surface area contributed by atoms with Crippen molar-refractivity contribution in [3.8, 4) is 33.8 Å². The first-order valence-corrected chi connectivity index (χ1v) is 19.1. The van der Waals surface area contributed by atoms with E-state index in [1.807, 2.05) is 6.07 Å². The molecule has 0 N–H and O–H groups in total. The van der Waals surface area contributed by atoms with Crippen LogP contribution in [-0.4, -0.2) is 0 Å². The van der Waals surface area contributed by atoms with Gasteiger partial charge in [-0.25, -0.2) is 0 Å². The third-order valence-electron chi connectivity index (χ3n) is 12.5. The molecular weight excluding hydrogens is 671 g/mol. The highest BCUT2D eigenvalue weighted by Gasteiger charge is 2.51. The van der Waals surface area contributed by atoms with E-state index in [9.17, 15) is 0 Å². The number of benzene rings is 8. The maximum Gasteiger partial charge on any atom is 0.137 e. The third kappa shape index (κ3) is 3.89. The first-order chi connectivity index (χ1) is 27.0. The van der Waals surface area contributed by atoms with Gasteiger partial charge in [0.15, 0.2) is 0 Å². The van der Waals surface area contributed by atoms with Crippen LogP contribution in [0.4, 0.5) is 17.1 Å². The molecule has 55 heavy (non-hydrogen) atoms. The van der Waals surface area contributed by atoms with E-state index in [0.717, 1.165) is 61.6 Å². The van der Waals surface area contributed by atoms with E-state index < -0.39 is 5.41 Å². The molecule has 8 aromatic carbocycles. The summed E-state index contributed by atoms with van der Waals surface area (Å²) < 4.78 is 13.4. The molecule has 0 saturated heterocycles. The Morgan fingerprint density at radius 3 is 1.78 bits per heavy atom. The standard InChI is InChI=1S/C52H35NO2/c1-51(2)38-20-7-3-17-35(38)36-19-13-25-44(50(36)51)53(43-24-14-28-48-49(43)37-18-6-11-26-45(37)54-48)32-29-30-47-42(31-32)52(41-23-10-12-27-46(41)55-47)39-21-8-4-15-33(39)34-16-5-9-22-40(34)52/h3-31H,1-2H3. The molecule has 3 aliphatic rings. The zero-order valence-corrected chi connectivity index (χ0v) is 30.5. The zero-order valence-electron chi connectivity index (χ0n) is 30.5. The summed E-state index contributed by atoms with van der Waals surface area (Å²) in [6.07, 6.45) is 0. The number of anilines is 3. The van der Waals surface area contributed by atoms with Gasteiger partial charge in [-0.1, -0.05) is 141 Å². The second-order valence-electron chi connectivity index (χ2n) is 15.6. The lowest BCUT2D eigenvalue weighted by molar-refractivity contribution is 0.436. The number of hydrogen-bond donors (Lipinski definition) is 0. The molecule has 0 radical (unpaired) electrons. The van der Waals surface area contributed by atoms with Gasteiger partial charge in [-0.15, -0.1) is 0 Å². The van der Waals surface area contributed by atoms with Crippen molar-refractivity contribution in [2.75, 3.05) is 4.90 Å². The van der Waals surface area contributed by atoms with Gasteiger partial charge in [0.05, 0.1) is 22.2 Å². The van der Waals surface area contributed by atoms with Crippen molar-refractivity contribution >= 4 is 39.0 Å². The molecular formula is C52H35NO2. The minimum atomic E-state index is -0.582. The summed E-state index contributed by atoms with van der Waals surface area (Å²) in [4.78, 5) is 2.48. The molecule has 1 spiro atoms. The fourth-order valence-corrected chi connectivity index (χ4v) is 10.3. The average Bonchev–Trinajstić information content (AvgIpc) is 3.84. The second kappa shape index (κ2) is 10.9. The fourth-order valence-electron chi connectivity index (χ4n) is 10.3. The molecule has 0 fully saturated rings. The summed E-state index contributed by atoms with van der Waals surface area (Å²) in [5.74, 6) is 1.76. The van der Waals surface area contributed by atoms with Crippen molar-refractivity contribution in [3.05, 3.63) is 209 Å². The van der Waals surface area contributed by atoms with E-state index in [1.54, 1.807) is 0 Å². The van der Waals surface area contributed by atoms with E-state index in [4.69, 9.17) is 9.15 Å². The van der Waals surface area contributed by atoms with Crippen molar-refractivity contribution < 1.29 is 9.15 Å². The van der Waals surface area contributed by atoms with Gasteiger partial charge in [-0.05, 0) is 93.0 Å². The van der Waals surface area contributed by atoms with Crippen LogP contribution < -0.4 is 9.64 Å². The molecule has 2 aliphatic carbocycles. The van der Waals surface area contributed by atoms with Gasteiger partial charge in [-0.3, -0.25) is 0 Å². The van der Waals surface area contributed by atoms with E-state index in [0.29, 0.717) is 0 Å².